The molecule has 0 radical (unpaired) electrons. The summed E-state index contributed by atoms with van der Waals surface area (Å²) >= 11 is 5.62. The SMILES string of the molecule is NC1CC1Nc1ncc(Cl)cc1[N+](=O)[O-]. The monoisotopic (exact) mass is 228 g/mol. The molecule has 6 nitrogen and oxygen atoms in total. The highest BCUT2D eigenvalue weighted by Gasteiger charge is 2.35. The van der Waals surface area contributed by atoms with Crippen LogP contribution in [0.25, 0.3) is 0 Å². The van der Waals surface area contributed by atoms with Gasteiger partial charge >= 0.3 is 5.69 Å². The molecule has 15 heavy (non-hydrogen) atoms. The van der Waals surface area contributed by atoms with E-state index in [1.807, 2.05) is 0 Å². The molecule has 0 spiro atoms. The molecule has 0 aromatic carbocycles. The second kappa shape index (κ2) is 3.63. The molecule has 1 heterocycles. The van der Waals surface area contributed by atoms with Crippen molar-refractivity contribution in [1.82, 2.24) is 4.98 Å². The number of hydrogen-bond acceptors (Lipinski definition) is 5. The molecule has 3 N–H and O–H groups in total. The van der Waals surface area contributed by atoms with E-state index in [2.05, 4.69) is 10.3 Å². The van der Waals surface area contributed by atoms with E-state index >= 15 is 0 Å². The summed E-state index contributed by atoms with van der Waals surface area (Å²) in [6.07, 6.45) is 2.17. The van der Waals surface area contributed by atoms with E-state index in [4.69, 9.17) is 17.3 Å². The zero-order valence-electron chi connectivity index (χ0n) is 7.68. The maximum atomic E-state index is 10.7. The first-order valence-corrected chi connectivity index (χ1v) is 4.78. The molecule has 0 aliphatic heterocycles. The number of nitrogens with zero attached hydrogens (tertiary/aromatic N) is 2. The maximum Gasteiger partial charge on any atom is 0.312 e. The third kappa shape index (κ3) is 2.16. The second-order valence-electron chi connectivity index (χ2n) is 3.43. The van der Waals surface area contributed by atoms with Gasteiger partial charge in [0.15, 0.2) is 0 Å². The minimum atomic E-state index is -0.519. The number of nitro groups is 1. The van der Waals surface area contributed by atoms with Crippen LogP contribution in [-0.4, -0.2) is 22.0 Å². The van der Waals surface area contributed by atoms with Crippen LogP contribution in [0.15, 0.2) is 12.3 Å². The molecule has 1 aliphatic rings. The highest BCUT2D eigenvalue weighted by Crippen LogP contribution is 2.30. The van der Waals surface area contributed by atoms with Gasteiger partial charge < -0.3 is 11.1 Å². The summed E-state index contributed by atoms with van der Waals surface area (Å²) in [5, 5.41) is 13.8. The van der Waals surface area contributed by atoms with E-state index in [9.17, 15) is 10.1 Å². The van der Waals surface area contributed by atoms with E-state index in [-0.39, 0.29) is 28.6 Å². The van der Waals surface area contributed by atoms with Crippen LogP contribution in [0.2, 0.25) is 5.02 Å². The predicted molar refractivity (Wildman–Crippen MR) is 55.9 cm³/mol. The van der Waals surface area contributed by atoms with Gasteiger partial charge in [0.1, 0.15) is 0 Å². The lowest BCUT2D eigenvalue weighted by atomic mass is 10.4. The predicted octanol–water partition coefficient (Wildman–Crippen LogP) is 1.15. The highest BCUT2D eigenvalue weighted by atomic mass is 35.5. The lowest BCUT2D eigenvalue weighted by Crippen LogP contribution is -2.14. The lowest BCUT2D eigenvalue weighted by Gasteiger charge is -2.04. The van der Waals surface area contributed by atoms with E-state index in [1.54, 1.807) is 0 Å². The highest BCUT2D eigenvalue weighted by molar-refractivity contribution is 6.30. The third-order valence-electron chi connectivity index (χ3n) is 2.19. The van der Waals surface area contributed by atoms with Crippen molar-refractivity contribution in [2.45, 2.75) is 18.5 Å². The Morgan fingerprint density at radius 1 is 1.73 bits per heavy atom. The Kier molecular flexibility index (Phi) is 2.45. The molecule has 1 saturated carbocycles. The quantitative estimate of drug-likeness (QED) is 0.598. The van der Waals surface area contributed by atoms with Crippen LogP contribution >= 0.6 is 11.6 Å². The van der Waals surface area contributed by atoms with Crippen LogP contribution in [0.5, 0.6) is 0 Å². The van der Waals surface area contributed by atoms with Crippen molar-refractivity contribution in [3.63, 3.8) is 0 Å². The topological polar surface area (TPSA) is 94.1 Å². The Morgan fingerprint density at radius 2 is 2.40 bits per heavy atom. The van der Waals surface area contributed by atoms with Crippen molar-refractivity contribution >= 4 is 23.1 Å². The van der Waals surface area contributed by atoms with E-state index in [0.717, 1.165) is 6.42 Å². The molecule has 1 fully saturated rings. The van der Waals surface area contributed by atoms with Crippen molar-refractivity contribution in [2.75, 3.05) is 5.32 Å². The van der Waals surface area contributed by atoms with Crippen molar-refractivity contribution in [3.8, 4) is 0 Å². The summed E-state index contributed by atoms with van der Waals surface area (Å²) in [5.74, 6) is 0.224. The molecule has 2 unspecified atom stereocenters. The fourth-order valence-electron chi connectivity index (χ4n) is 1.24. The normalized spacial score (nSPS) is 23.6. The van der Waals surface area contributed by atoms with E-state index in [1.165, 1.54) is 12.3 Å². The van der Waals surface area contributed by atoms with Crippen LogP contribution in [0, 0.1) is 10.1 Å². The first-order chi connectivity index (χ1) is 7.08. The van der Waals surface area contributed by atoms with Crippen LogP contribution in [0.3, 0.4) is 0 Å². The minimum absolute atomic E-state index is 0.0575. The molecule has 1 aromatic rings. The summed E-state index contributed by atoms with van der Waals surface area (Å²) in [5.41, 5.74) is 5.46. The first kappa shape index (κ1) is 10.1. The van der Waals surface area contributed by atoms with E-state index in [0.29, 0.717) is 0 Å². The minimum Gasteiger partial charge on any atom is -0.360 e. The Bertz CT molecular complexity index is 412. The van der Waals surface area contributed by atoms with Crippen molar-refractivity contribution in [3.05, 3.63) is 27.4 Å². The smallest absolute Gasteiger partial charge is 0.312 e. The van der Waals surface area contributed by atoms with Gasteiger partial charge in [-0.05, 0) is 6.42 Å². The summed E-state index contributed by atoms with van der Waals surface area (Å²) in [6, 6.07) is 1.41. The molecule has 1 aliphatic carbocycles. The number of rotatable bonds is 3. The maximum absolute atomic E-state index is 10.7. The summed E-state index contributed by atoms with van der Waals surface area (Å²) in [6.45, 7) is 0. The number of pyridine rings is 1. The Hall–Kier alpha value is -1.40. The summed E-state index contributed by atoms with van der Waals surface area (Å²) in [7, 11) is 0. The van der Waals surface area contributed by atoms with Crippen molar-refractivity contribution in [2.24, 2.45) is 5.73 Å². The van der Waals surface area contributed by atoms with Gasteiger partial charge in [0.05, 0.1) is 9.95 Å². The molecule has 1 aromatic heterocycles. The van der Waals surface area contributed by atoms with Crippen molar-refractivity contribution < 1.29 is 4.92 Å². The molecule has 0 amide bonds. The van der Waals surface area contributed by atoms with Crippen LogP contribution in [0.1, 0.15) is 6.42 Å². The number of nitrogens with one attached hydrogen (secondary N) is 1. The van der Waals surface area contributed by atoms with Crippen molar-refractivity contribution in [1.29, 1.82) is 0 Å². The molecule has 0 saturated heterocycles. The fourth-order valence-corrected chi connectivity index (χ4v) is 1.39. The second-order valence-corrected chi connectivity index (χ2v) is 3.87. The Labute approximate surface area is 90.6 Å². The van der Waals surface area contributed by atoms with Gasteiger partial charge in [0.25, 0.3) is 0 Å². The van der Waals surface area contributed by atoms with Crippen LogP contribution in [0.4, 0.5) is 11.5 Å². The average molecular weight is 229 g/mol. The number of halogens is 1. The van der Waals surface area contributed by atoms with Gasteiger partial charge in [0, 0.05) is 24.3 Å². The molecule has 2 rings (SSSR count). The zero-order valence-corrected chi connectivity index (χ0v) is 8.44. The Balaban J connectivity index is 2.25. The van der Waals surface area contributed by atoms with Gasteiger partial charge in [0.2, 0.25) is 5.82 Å². The fraction of sp³-hybridized carbons (Fsp3) is 0.375. The number of hydrogen-bond donors (Lipinski definition) is 2. The molecule has 2 atom stereocenters. The third-order valence-corrected chi connectivity index (χ3v) is 2.40. The average Bonchev–Trinajstić information content (AvgIpc) is 2.85. The van der Waals surface area contributed by atoms with Gasteiger partial charge in [-0.25, -0.2) is 4.98 Å². The van der Waals surface area contributed by atoms with Gasteiger partial charge in [-0.15, -0.1) is 0 Å². The zero-order chi connectivity index (χ0) is 11.0. The number of anilines is 1. The number of nitrogens with two attached hydrogens (primary N) is 1. The summed E-state index contributed by atoms with van der Waals surface area (Å²) in [4.78, 5) is 14.0. The standard InChI is InChI=1S/C8H9ClN4O2/c9-4-1-7(13(14)15)8(11-3-4)12-6-2-5(6)10/h1,3,5-6H,2,10H2,(H,11,12). The van der Waals surface area contributed by atoms with Crippen LogP contribution < -0.4 is 11.1 Å². The molecule has 0 bridgehead atoms. The summed E-state index contributed by atoms with van der Waals surface area (Å²) < 4.78 is 0. The molecular formula is C8H9ClN4O2. The molecule has 7 heteroatoms. The van der Waals surface area contributed by atoms with Gasteiger partial charge in [-0.1, -0.05) is 11.6 Å². The molecular weight excluding hydrogens is 220 g/mol. The van der Waals surface area contributed by atoms with Gasteiger partial charge in [-0.2, -0.15) is 0 Å². The van der Waals surface area contributed by atoms with Gasteiger partial charge in [-0.3, -0.25) is 10.1 Å². The first-order valence-electron chi connectivity index (χ1n) is 4.40. The number of aromatic nitrogens is 1. The Morgan fingerprint density at radius 3 is 2.93 bits per heavy atom. The van der Waals surface area contributed by atoms with Crippen LogP contribution in [-0.2, 0) is 0 Å². The largest absolute Gasteiger partial charge is 0.360 e. The lowest BCUT2D eigenvalue weighted by molar-refractivity contribution is -0.384. The molecule has 80 valence electrons. The van der Waals surface area contributed by atoms with E-state index < -0.39 is 4.92 Å².